The highest BCUT2D eigenvalue weighted by molar-refractivity contribution is 5.99. The quantitative estimate of drug-likeness (QED) is 0.365. The number of amidine groups is 1. The predicted octanol–water partition coefficient (Wildman–Crippen LogP) is 1.89. The van der Waals surface area contributed by atoms with E-state index in [1.54, 1.807) is 12.1 Å². The number of hydrogen-bond donors (Lipinski definition) is 2. The Bertz CT molecular complexity index is 799. The molecule has 1 heterocycles. The van der Waals surface area contributed by atoms with Gasteiger partial charge in [0.25, 0.3) is 0 Å². The van der Waals surface area contributed by atoms with Crippen molar-refractivity contribution < 1.29 is 9.53 Å². The Hall–Kier alpha value is -3.19. The summed E-state index contributed by atoms with van der Waals surface area (Å²) in [5, 5.41) is 14.1. The number of rotatable bonds is 5. The zero-order valence-corrected chi connectivity index (χ0v) is 15.0. The smallest absolute Gasteiger partial charge is 0.209 e. The lowest BCUT2D eigenvalue weighted by Crippen LogP contribution is -2.43. The molecule has 1 fully saturated rings. The molecule has 0 aromatic heterocycles. The monoisotopic (exact) mass is 365 g/mol. The molecule has 0 aliphatic carbocycles. The molecule has 0 atom stereocenters. The van der Waals surface area contributed by atoms with Crippen LogP contribution < -0.4 is 5.73 Å². The minimum atomic E-state index is -0.130. The molecule has 0 amide bonds. The number of hydrogen-bond acceptors (Lipinski definition) is 4. The van der Waals surface area contributed by atoms with Crippen molar-refractivity contribution in [2.24, 2.45) is 10.8 Å². The summed E-state index contributed by atoms with van der Waals surface area (Å²) >= 11 is 0. The Morgan fingerprint density at radius 1 is 1.15 bits per heavy atom. The van der Waals surface area contributed by atoms with Crippen molar-refractivity contribution in [1.29, 1.82) is 5.41 Å². The third-order valence-corrected chi connectivity index (χ3v) is 4.28. The van der Waals surface area contributed by atoms with Gasteiger partial charge in [-0.1, -0.05) is 54.6 Å². The number of guanidine groups is 1. The van der Waals surface area contributed by atoms with Gasteiger partial charge in [-0.3, -0.25) is 10.2 Å². The van der Waals surface area contributed by atoms with E-state index in [1.807, 2.05) is 42.5 Å². The van der Waals surface area contributed by atoms with Gasteiger partial charge in [0.05, 0.1) is 19.8 Å². The molecular weight excluding hydrogens is 342 g/mol. The summed E-state index contributed by atoms with van der Waals surface area (Å²) in [6.45, 7) is 3.03. The van der Waals surface area contributed by atoms with Gasteiger partial charge in [-0.05, 0) is 5.56 Å². The highest BCUT2D eigenvalue weighted by Gasteiger charge is 2.19. The predicted molar refractivity (Wildman–Crippen MR) is 105 cm³/mol. The SMILES string of the molecule is N=C(N)N(Cc1ccccc1)N=C(c1ccc(C=O)cc1)N1CCOCC1. The van der Waals surface area contributed by atoms with Crippen LogP contribution in [0.25, 0.3) is 0 Å². The number of morpholine rings is 1. The van der Waals surface area contributed by atoms with Crippen LogP contribution in [0.3, 0.4) is 0 Å². The Kier molecular flexibility index (Phi) is 6.17. The zero-order chi connectivity index (χ0) is 19.1. The van der Waals surface area contributed by atoms with Gasteiger partial charge in [-0.15, -0.1) is 0 Å². The summed E-state index contributed by atoms with van der Waals surface area (Å²) in [5.74, 6) is 0.580. The van der Waals surface area contributed by atoms with E-state index >= 15 is 0 Å². The lowest BCUT2D eigenvalue weighted by atomic mass is 10.1. The van der Waals surface area contributed by atoms with Crippen molar-refractivity contribution >= 4 is 18.1 Å². The number of ether oxygens (including phenoxy) is 1. The largest absolute Gasteiger partial charge is 0.378 e. The van der Waals surface area contributed by atoms with Crippen LogP contribution in [0.15, 0.2) is 59.7 Å². The Morgan fingerprint density at radius 3 is 2.41 bits per heavy atom. The first-order valence-electron chi connectivity index (χ1n) is 8.80. The van der Waals surface area contributed by atoms with Crippen molar-refractivity contribution in [3.05, 3.63) is 71.3 Å². The third kappa shape index (κ3) is 4.92. The van der Waals surface area contributed by atoms with Crippen LogP contribution in [0.1, 0.15) is 21.5 Å². The average molecular weight is 365 g/mol. The minimum absolute atomic E-state index is 0.130. The summed E-state index contributed by atoms with van der Waals surface area (Å²) in [4.78, 5) is 13.1. The molecule has 1 saturated heterocycles. The minimum Gasteiger partial charge on any atom is -0.378 e. The summed E-state index contributed by atoms with van der Waals surface area (Å²) in [6, 6.07) is 17.0. The molecule has 3 N–H and O–H groups in total. The average Bonchev–Trinajstić information content (AvgIpc) is 2.72. The number of nitrogens with zero attached hydrogens (tertiary/aromatic N) is 3. The van der Waals surface area contributed by atoms with Crippen LogP contribution in [-0.2, 0) is 11.3 Å². The van der Waals surface area contributed by atoms with Crippen LogP contribution in [0, 0.1) is 5.41 Å². The standard InChI is InChI=1S/C20H23N5O2/c21-20(22)25(14-16-4-2-1-3-5-16)23-19(24-10-12-27-13-11-24)18-8-6-17(15-26)7-9-18/h1-9,15H,10-14H2,(H3,21,22). The number of nitrogens with one attached hydrogen (secondary N) is 1. The van der Waals surface area contributed by atoms with E-state index in [-0.39, 0.29) is 5.96 Å². The van der Waals surface area contributed by atoms with Crippen molar-refractivity contribution in [2.75, 3.05) is 26.3 Å². The first-order valence-corrected chi connectivity index (χ1v) is 8.80. The van der Waals surface area contributed by atoms with Crippen LogP contribution in [0.4, 0.5) is 0 Å². The van der Waals surface area contributed by atoms with Crippen molar-refractivity contribution in [1.82, 2.24) is 9.91 Å². The van der Waals surface area contributed by atoms with E-state index < -0.39 is 0 Å². The Balaban J connectivity index is 1.94. The first-order chi connectivity index (χ1) is 13.2. The van der Waals surface area contributed by atoms with E-state index in [9.17, 15) is 4.79 Å². The maximum atomic E-state index is 10.9. The molecule has 0 radical (unpaired) electrons. The molecule has 140 valence electrons. The fraction of sp³-hybridized carbons (Fsp3) is 0.250. The van der Waals surface area contributed by atoms with Crippen LogP contribution in [0.2, 0.25) is 0 Å². The third-order valence-electron chi connectivity index (χ3n) is 4.28. The number of aldehydes is 1. The topological polar surface area (TPSA) is 95.0 Å². The van der Waals surface area contributed by atoms with E-state index in [0.29, 0.717) is 44.2 Å². The van der Waals surface area contributed by atoms with E-state index in [1.165, 1.54) is 5.01 Å². The van der Waals surface area contributed by atoms with Gasteiger partial charge >= 0.3 is 0 Å². The summed E-state index contributed by atoms with van der Waals surface area (Å²) < 4.78 is 5.45. The van der Waals surface area contributed by atoms with Gasteiger partial charge in [0.2, 0.25) is 5.96 Å². The molecule has 0 bridgehead atoms. The maximum absolute atomic E-state index is 10.9. The van der Waals surface area contributed by atoms with Crippen LogP contribution >= 0.6 is 0 Å². The second-order valence-corrected chi connectivity index (χ2v) is 6.19. The van der Waals surface area contributed by atoms with Crippen molar-refractivity contribution in [2.45, 2.75) is 6.54 Å². The van der Waals surface area contributed by atoms with Crippen LogP contribution in [0.5, 0.6) is 0 Å². The molecule has 3 rings (SSSR count). The van der Waals surface area contributed by atoms with Gasteiger partial charge in [-0.25, -0.2) is 5.01 Å². The maximum Gasteiger partial charge on any atom is 0.209 e. The van der Waals surface area contributed by atoms with E-state index in [4.69, 9.17) is 21.0 Å². The fourth-order valence-electron chi connectivity index (χ4n) is 2.83. The summed E-state index contributed by atoms with van der Waals surface area (Å²) in [6.07, 6.45) is 0.812. The Labute approximate surface area is 158 Å². The highest BCUT2D eigenvalue weighted by atomic mass is 16.5. The van der Waals surface area contributed by atoms with Gasteiger partial charge in [-0.2, -0.15) is 5.10 Å². The molecule has 1 aliphatic rings. The molecule has 7 nitrogen and oxygen atoms in total. The number of carbonyl (C=O) groups is 1. The normalized spacial score (nSPS) is 14.7. The molecule has 0 saturated carbocycles. The van der Waals surface area contributed by atoms with Gasteiger partial charge < -0.3 is 15.4 Å². The lowest BCUT2D eigenvalue weighted by Gasteiger charge is -2.31. The molecule has 27 heavy (non-hydrogen) atoms. The number of hydrazone groups is 1. The zero-order valence-electron chi connectivity index (χ0n) is 15.0. The number of nitrogens with two attached hydrogens (primary N) is 1. The number of benzene rings is 2. The van der Waals surface area contributed by atoms with Crippen LogP contribution in [-0.4, -0.2) is 54.3 Å². The molecule has 7 heteroatoms. The molecule has 0 unspecified atom stereocenters. The summed E-state index contributed by atoms with van der Waals surface area (Å²) in [7, 11) is 0. The summed E-state index contributed by atoms with van der Waals surface area (Å²) in [5.41, 5.74) is 8.27. The second-order valence-electron chi connectivity index (χ2n) is 6.19. The highest BCUT2D eigenvalue weighted by Crippen LogP contribution is 2.13. The van der Waals surface area contributed by atoms with Crippen molar-refractivity contribution in [3.63, 3.8) is 0 Å². The Morgan fingerprint density at radius 2 is 1.81 bits per heavy atom. The lowest BCUT2D eigenvalue weighted by molar-refractivity contribution is 0.0676. The fourth-order valence-corrected chi connectivity index (χ4v) is 2.83. The second kappa shape index (κ2) is 8.95. The molecule has 2 aromatic carbocycles. The van der Waals surface area contributed by atoms with Crippen molar-refractivity contribution in [3.8, 4) is 0 Å². The van der Waals surface area contributed by atoms with E-state index in [0.717, 1.165) is 17.4 Å². The van der Waals surface area contributed by atoms with E-state index in [2.05, 4.69) is 4.90 Å². The molecule has 2 aromatic rings. The molecule has 1 aliphatic heterocycles. The van der Waals surface area contributed by atoms with Gasteiger partial charge in [0.15, 0.2) is 5.84 Å². The molecular formula is C20H23N5O2. The number of carbonyl (C=O) groups excluding carboxylic acids is 1. The first kappa shape index (κ1) is 18.6. The van der Waals surface area contributed by atoms with Gasteiger partial charge in [0.1, 0.15) is 6.29 Å². The molecule has 0 spiro atoms. The van der Waals surface area contributed by atoms with Gasteiger partial charge in [0, 0.05) is 24.2 Å².